The zero-order valence-electron chi connectivity index (χ0n) is 7.51. The highest BCUT2D eigenvalue weighted by Crippen LogP contribution is 2.04. The molecule has 1 aromatic rings. The van der Waals surface area contributed by atoms with Crippen LogP contribution in [0.25, 0.3) is 6.08 Å². The van der Waals surface area contributed by atoms with Gasteiger partial charge < -0.3 is 9.84 Å². The van der Waals surface area contributed by atoms with Gasteiger partial charge in [0.2, 0.25) is 0 Å². The van der Waals surface area contributed by atoms with Gasteiger partial charge in [-0.25, -0.2) is 9.59 Å². The molecular formula is C9H9NO4. The smallest absolute Gasteiger partial charge is 0.415 e. The fourth-order valence-corrected chi connectivity index (χ4v) is 0.926. The van der Waals surface area contributed by atoms with Crippen LogP contribution in [0.4, 0.5) is 4.79 Å². The van der Waals surface area contributed by atoms with Gasteiger partial charge in [-0.05, 0) is 18.2 Å². The first kappa shape index (κ1) is 10.0. The second-order valence-corrected chi connectivity index (χ2v) is 2.44. The molecule has 0 aromatic carbocycles. The Balaban J connectivity index is 2.86. The first-order valence-corrected chi connectivity index (χ1v) is 3.82. The summed E-state index contributed by atoms with van der Waals surface area (Å²) in [6, 6.07) is 3.15. The van der Waals surface area contributed by atoms with E-state index in [0.29, 0.717) is 5.69 Å². The summed E-state index contributed by atoms with van der Waals surface area (Å²) in [6.07, 6.45) is 2.83. The van der Waals surface area contributed by atoms with E-state index in [4.69, 9.17) is 5.11 Å². The highest BCUT2D eigenvalue weighted by Gasteiger charge is 2.03. The quantitative estimate of drug-likeness (QED) is 0.568. The van der Waals surface area contributed by atoms with Gasteiger partial charge in [-0.3, -0.25) is 4.57 Å². The van der Waals surface area contributed by atoms with Crippen molar-refractivity contribution in [2.24, 2.45) is 0 Å². The van der Waals surface area contributed by atoms with Gasteiger partial charge in [0.1, 0.15) is 0 Å². The predicted molar refractivity (Wildman–Crippen MR) is 48.9 cm³/mol. The molecule has 74 valence electrons. The number of ether oxygens (including phenoxy) is 1. The van der Waals surface area contributed by atoms with Crippen LogP contribution in [0.3, 0.4) is 0 Å². The van der Waals surface area contributed by atoms with Gasteiger partial charge in [0.05, 0.1) is 12.8 Å². The number of hydrogen-bond donors (Lipinski definition) is 1. The third-order valence-corrected chi connectivity index (χ3v) is 1.58. The molecule has 1 N–H and O–H groups in total. The number of nitrogens with zero attached hydrogens (tertiary/aromatic N) is 1. The van der Waals surface area contributed by atoms with E-state index in [9.17, 15) is 9.59 Å². The molecule has 0 spiro atoms. The van der Waals surface area contributed by atoms with Crippen molar-refractivity contribution in [2.45, 2.75) is 0 Å². The molecule has 0 radical (unpaired) electrons. The number of carbonyl (C=O) groups is 2. The SMILES string of the molecule is COC(=O)C=Cc1cccn1C(=O)O. The van der Waals surface area contributed by atoms with Crippen molar-refractivity contribution < 1.29 is 19.4 Å². The number of aromatic nitrogens is 1. The number of carbonyl (C=O) groups excluding carboxylic acids is 1. The highest BCUT2D eigenvalue weighted by atomic mass is 16.5. The lowest BCUT2D eigenvalue weighted by Crippen LogP contribution is -2.07. The van der Waals surface area contributed by atoms with Crippen molar-refractivity contribution in [1.82, 2.24) is 4.57 Å². The van der Waals surface area contributed by atoms with Gasteiger partial charge in [0, 0.05) is 12.3 Å². The number of rotatable bonds is 2. The first-order valence-electron chi connectivity index (χ1n) is 3.82. The molecule has 0 amide bonds. The Morgan fingerprint density at radius 3 is 2.86 bits per heavy atom. The summed E-state index contributed by atoms with van der Waals surface area (Å²) in [5.74, 6) is -0.525. The van der Waals surface area contributed by atoms with E-state index in [2.05, 4.69) is 4.74 Å². The van der Waals surface area contributed by atoms with E-state index in [1.165, 1.54) is 19.4 Å². The molecule has 0 saturated carbocycles. The van der Waals surface area contributed by atoms with Crippen LogP contribution in [0.1, 0.15) is 5.69 Å². The molecule has 14 heavy (non-hydrogen) atoms. The summed E-state index contributed by atoms with van der Waals surface area (Å²) < 4.78 is 5.37. The third-order valence-electron chi connectivity index (χ3n) is 1.58. The molecule has 0 atom stereocenters. The predicted octanol–water partition coefficient (Wildman–Crippen LogP) is 1.20. The monoisotopic (exact) mass is 195 g/mol. The molecule has 1 rings (SSSR count). The normalized spacial score (nSPS) is 10.4. The standard InChI is InChI=1S/C9H9NO4/c1-14-8(11)5-4-7-3-2-6-10(7)9(12)13/h2-6H,1H3,(H,12,13). The van der Waals surface area contributed by atoms with Crippen LogP contribution in [0, 0.1) is 0 Å². The van der Waals surface area contributed by atoms with E-state index in [0.717, 1.165) is 10.6 Å². The van der Waals surface area contributed by atoms with Crippen LogP contribution in [-0.4, -0.2) is 28.8 Å². The summed E-state index contributed by atoms with van der Waals surface area (Å²) in [7, 11) is 1.25. The third kappa shape index (κ3) is 2.22. The maximum absolute atomic E-state index is 10.7. The summed E-state index contributed by atoms with van der Waals surface area (Å²) >= 11 is 0. The average Bonchev–Trinajstić information content (AvgIpc) is 2.62. The largest absolute Gasteiger partial charge is 0.466 e. The zero-order valence-corrected chi connectivity index (χ0v) is 7.51. The van der Waals surface area contributed by atoms with Crippen molar-refractivity contribution in [3.8, 4) is 0 Å². The van der Waals surface area contributed by atoms with Crippen molar-refractivity contribution in [2.75, 3.05) is 7.11 Å². The van der Waals surface area contributed by atoms with E-state index in [1.807, 2.05) is 0 Å². The Labute approximate surface area is 80.2 Å². The molecule has 0 aliphatic carbocycles. The van der Waals surface area contributed by atoms with Crippen LogP contribution >= 0.6 is 0 Å². The zero-order chi connectivity index (χ0) is 10.6. The maximum atomic E-state index is 10.7. The Morgan fingerprint density at radius 1 is 1.57 bits per heavy atom. The Hall–Kier alpha value is -2.04. The number of esters is 1. The lowest BCUT2D eigenvalue weighted by Gasteiger charge is -1.97. The van der Waals surface area contributed by atoms with Crippen molar-refractivity contribution >= 4 is 18.1 Å². The second kappa shape index (κ2) is 4.27. The number of carboxylic acid groups (broad SMARTS) is 1. The van der Waals surface area contributed by atoms with Crippen LogP contribution < -0.4 is 0 Å². The minimum absolute atomic E-state index is 0.405. The lowest BCUT2D eigenvalue weighted by molar-refractivity contribution is -0.134. The molecule has 5 nitrogen and oxygen atoms in total. The van der Waals surface area contributed by atoms with Crippen LogP contribution in [-0.2, 0) is 9.53 Å². The van der Waals surface area contributed by atoms with Crippen LogP contribution in [0.5, 0.6) is 0 Å². The molecule has 0 unspecified atom stereocenters. The molecule has 0 fully saturated rings. The molecular weight excluding hydrogens is 186 g/mol. The molecule has 1 aromatic heterocycles. The average molecular weight is 195 g/mol. The first-order chi connectivity index (χ1) is 6.65. The van der Waals surface area contributed by atoms with E-state index in [-0.39, 0.29) is 0 Å². The molecule has 0 bridgehead atoms. The Kier molecular flexibility index (Phi) is 3.06. The second-order valence-electron chi connectivity index (χ2n) is 2.44. The minimum Gasteiger partial charge on any atom is -0.466 e. The van der Waals surface area contributed by atoms with E-state index >= 15 is 0 Å². The molecule has 0 aliphatic heterocycles. The summed E-state index contributed by atoms with van der Waals surface area (Å²) in [6.45, 7) is 0. The summed E-state index contributed by atoms with van der Waals surface area (Å²) in [5.41, 5.74) is 0.405. The molecule has 5 heteroatoms. The molecule has 0 saturated heterocycles. The fraction of sp³-hybridized carbons (Fsp3) is 0.111. The van der Waals surface area contributed by atoms with Crippen molar-refractivity contribution in [1.29, 1.82) is 0 Å². The molecule has 1 heterocycles. The fourth-order valence-electron chi connectivity index (χ4n) is 0.926. The van der Waals surface area contributed by atoms with Gasteiger partial charge >= 0.3 is 12.1 Å². The van der Waals surface area contributed by atoms with E-state index in [1.54, 1.807) is 12.1 Å². The Bertz CT molecular complexity index is 378. The van der Waals surface area contributed by atoms with Gasteiger partial charge in [0.25, 0.3) is 0 Å². The number of hydrogen-bond acceptors (Lipinski definition) is 3. The minimum atomic E-state index is -1.10. The Morgan fingerprint density at radius 2 is 2.29 bits per heavy atom. The van der Waals surface area contributed by atoms with E-state index < -0.39 is 12.1 Å². The van der Waals surface area contributed by atoms with Crippen molar-refractivity contribution in [3.63, 3.8) is 0 Å². The highest BCUT2D eigenvalue weighted by molar-refractivity contribution is 5.87. The summed E-state index contributed by atoms with van der Waals surface area (Å²) in [5, 5.41) is 8.69. The molecule has 0 aliphatic rings. The van der Waals surface area contributed by atoms with Gasteiger partial charge in [-0.1, -0.05) is 0 Å². The van der Waals surface area contributed by atoms with Gasteiger partial charge in [0.15, 0.2) is 0 Å². The van der Waals surface area contributed by atoms with Crippen molar-refractivity contribution in [3.05, 3.63) is 30.1 Å². The topological polar surface area (TPSA) is 68.5 Å². The summed E-state index contributed by atoms with van der Waals surface area (Å²) in [4.78, 5) is 21.3. The van der Waals surface area contributed by atoms with Crippen LogP contribution in [0.2, 0.25) is 0 Å². The van der Waals surface area contributed by atoms with Gasteiger partial charge in [-0.2, -0.15) is 0 Å². The van der Waals surface area contributed by atoms with Gasteiger partial charge in [-0.15, -0.1) is 0 Å². The van der Waals surface area contributed by atoms with Crippen LogP contribution in [0.15, 0.2) is 24.4 Å². The maximum Gasteiger partial charge on any atom is 0.415 e. The number of methoxy groups -OCH3 is 1. The lowest BCUT2D eigenvalue weighted by atomic mass is 10.4.